The number of fused-ring (bicyclic) bond motifs is 2. The predicted octanol–water partition coefficient (Wildman–Crippen LogP) is 2.33. The average molecular weight is 299 g/mol. The minimum Gasteiger partial charge on any atom is -0.481 e. The van der Waals surface area contributed by atoms with Gasteiger partial charge < -0.3 is 9.51 Å². The summed E-state index contributed by atoms with van der Waals surface area (Å²) in [5.41, 5.74) is 2.64. The molecule has 1 saturated heterocycles. The van der Waals surface area contributed by atoms with Gasteiger partial charge in [0.25, 0.3) is 0 Å². The summed E-state index contributed by atoms with van der Waals surface area (Å²) in [6.45, 7) is 4.36. The van der Waals surface area contributed by atoms with Crippen molar-refractivity contribution in [3.8, 4) is 0 Å². The Hall–Kier alpha value is -1.88. The van der Waals surface area contributed by atoms with Crippen LogP contribution in [0.15, 0.2) is 24.4 Å². The Labute approximate surface area is 129 Å². The number of aryl methyl sites for hydroxylation is 1. The zero-order valence-corrected chi connectivity index (χ0v) is 12.8. The molecule has 0 spiro atoms. The van der Waals surface area contributed by atoms with Gasteiger partial charge in [-0.25, -0.2) is 4.98 Å². The molecule has 1 aliphatic heterocycles. The van der Waals surface area contributed by atoms with Crippen molar-refractivity contribution in [3.05, 3.63) is 35.8 Å². The van der Waals surface area contributed by atoms with E-state index in [4.69, 9.17) is 0 Å². The van der Waals surface area contributed by atoms with Crippen LogP contribution in [0.4, 0.5) is 0 Å². The molecule has 0 amide bonds. The van der Waals surface area contributed by atoms with E-state index in [0.717, 1.165) is 49.4 Å². The third-order valence-electron chi connectivity index (χ3n) is 5.50. The molecule has 116 valence electrons. The lowest BCUT2D eigenvalue weighted by atomic mass is 9.81. The second-order valence-corrected chi connectivity index (χ2v) is 6.85. The highest BCUT2D eigenvalue weighted by Gasteiger charge is 2.54. The van der Waals surface area contributed by atoms with Gasteiger partial charge in [0.15, 0.2) is 0 Å². The lowest BCUT2D eigenvalue weighted by molar-refractivity contribution is -0.149. The van der Waals surface area contributed by atoms with E-state index in [1.807, 2.05) is 12.1 Å². The Bertz CT molecular complexity index is 739. The van der Waals surface area contributed by atoms with Crippen molar-refractivity contribution in [3.63, 3.8) is 0 Å². The number of aromatic nitrogens is 2. The van der Waals surface area contributed by atoms with Gasteiger partial charge in [-0.3, -0.25) is 9.69 Å². The number of likely N-dealkylation sites (tertiary alicyclic amines) is 1. The molecule has 2 aliphatic rings. The van der Waals surface area contributed by atoms with E-state index in [1.54, 1.807) is 0 Å². The van der Waals surface area contributed by atoms with Crippen molar-refractivity contribution < 1.29 is 9.90 Å². The van der Waals surface area contributed by atoms with Gasteiger partial charge in [-0.1, -0.05) is 12.5 Å². The van der Waals surface area contributed by atoms with Crippen LogP contribution >= 0.6 is 0 Å². The monoisotopic (exact) mass is 299 g/mol. The fourth-order valence-electron chi connectivity index (χ4n) is 4.37. The summed E-state index contributed by atoms with van der Waals surface area (Å²) in [5.74, 6) is -0.299. The zero-order chi connectivity index (χ0) is 15.3. The lowest BCUT2D eigenvalue weighted by Crippen LogP contribution is -2.35. The number of aliphatic carboxylic acids is 1. The first kappa shape index (κ1) is 13.8. The highest BCUT2D eigenvalue weighted by atomic mass is 16.4. The average Bonchev–Trinajstić information content (AvgIpc) is 3.11. The molecular weight excluding hydrogens is 278 g/mol. The van der Waals surface area contributed by atoms with Crippen LogP contribution in [0, 0.1) is 18.3 Å². The molecule has 1 N–H and O–H groups in total. The molecule has 5 heteroatoms. The van der Waals surface area contributed by atoms with Crippen molar-refractivity contribution >= 4 is 11.6 Å². The molecule has 4 rings (SSSR count). The maximum Gasteiger partial charge on any atom is 0.311 e. The van der Waals surface area contributed by atoms with Gasteiger partial charge in [0.05, 0.1) is 11.1 Å². The van der Waals surface area contributed by atoms with Crippen LogP contribution in [-0.4, -0.2) is 38.4 Å². The SMILES string of the molecule is Cc1cccc2nc(CN3C[C@@H]4CCC[C@@]4(C(=O)O)C3)cn12. The normalized spacial score (nSPS) is 28.3. The molecule has 0 aromatic carbocycles. The molecule has 0 bridgehead atoms. The molecule has 22 heavy (non-hydrogen) atoms. The van der Waals surface area contributed by atoms with Crippen LogP contribution in [0.25, 0.3) is 5.65 Å². The summed E-state index contributed by atoms with van der Waals surface area (Å²) in [7, 11) is 0. The van der Waals surface area contributed by atoms with E-state index >= 15 is 0 Å². The van der Waals surface area contributed by atoms with E-state index in [2.05, 4.69) is 33.5 Å². The van der Waals surface area contributed by atoms with Gasteiger partial charge >= 0.3 is 5.97 Å². The maximum atomic E-state index is 11.7. The minimum absolute atomic E-state index is 0.309. The van der Waals surface area contributed by atoms with Gasteiger partial charge in [-0.05, 0) is 37.8 Å². The van der Waals surface area contributed by atoms with Gasteiger partial charge in [-0.2, -0.15) is 0 Å². The first-order valence-electron chi connectivity index (χ1n) is 7.98. The number of carboxylic acids is 1. The number of imidazole rings is 1. The van der Waals surface area contributed by atoms with Crippen LogP contribution in [0.5, 0.6) is 0 Å². The first-order chi connectivity index (χ1) is 10.6. The fourth-order valence-corrected chi connectivity index (χ4v) is 4.37. The predicted molar refractivity (Wildman–Crippen MR) is 82.6 cm³/mol. The summed E-state index contributed by atoms with van der Waals surface area (Å²) in [4.78, 5) is 18.7. The van der Waals surface area contributed by atoms with Crippen LogP contribution in [0.3, 0.4) is 0 Å². The van der Waals surface area contributed by atoms with Gasteiger partial charge in [-0.15, -0.1) is 0 Å². The van der Waals surface area contributed by atoms with E-state index in [-0.39, 0.29) is 0 Å². The van der Waals surface area contributed by atoms with Crippen molar-refractivity contribution in [1.82, 2.24) is 14.3 Å². The maximum absolute atomic E-state index is 11.7. The number of rotatable bonds is 3. The molecule has 5 nitrogen and oxygen atoms in total. The van der Waals surface area contributed by atoms with Crippen LogP contribution in [0.2, 0.25) is 0 Å². The number of carboxylic acid groups (broad SMARTS) is 1. The van der Waals surface area contributed by atoms with Crippen LogP contribution in [-0.2, 0) is 11.3 Å². The smallest absolute Gasteiger partial charge is 0.311 e. The van der Waals surface area contributed by atoms with Gasteiger partial charge in [0, 0.05) is 31.5 Å². The summed E-state index contributed by atoms with van der Waals surface area (Å²) < 4.78 is 2.10. The highest BCUT2D eigenvalue weighted by molar-refractivity contribution is 5.76. The molecule has 0 unspecified atom stereocenters. The van der Waals surface area contributed by atoms with Crippen molar-refractivity contribution in [2.75, 3.05) is 13.1 Å². The molecular formula is C17H21N3O2. The van der Waals surface area contributed by atoms with Crippen molar-refractivity contribution in [2.45, 2.75) is 32.7 Å². The largest absolute Gasteiger partial charge is 0.481 e. The summed E-state index contributed by atoms with van der Waals surface area (Å²) in [5, 5.41) is 9.66. The van der Waals surface area contributed by atoms with E-state index in [0.29, 0.717) is 12.5 Å². The highest BCUT2D eigenvalue weighted by Crippen LogP contribution is 2.49. The number of pyridine rings is 1. The van der Waals surface area contributed by atoms with Crippen LogP contribution < -0.4 is 0 Å². The topological polar surface area (TPSA) is 57.8 Å². The third-order valence-corrected chi connectivity index (χ3v) is 5.50. The standard InChI is InChI=1S/C17H21N3O2/c1-12-4-2-6-15-18-14(10-20(12)15)9-19-8-13-5-3-7-17(13,11-19)16(21)22/h2,4,6,10,13H,3,5,7-9,11H2,1H3,(H,21,22)/t13-,17+/m0/s1. The number of hydrogen-bond acceptors (Lipinski definition) is 3. The lowest BCUT2D eigenvalue weighted by Gasteiger charge is -2.23. The molecule has 0 radical (unpaired) electrons. The summed E-state index contributed by atoms with van der Waals surface area (Å²) >= 11 is 0. The van der Waals surface area contributed by atoms with Crippen LogP contribution in [0.1, 0.15) is 30.7 Å². The Morgan fingerprint density at radius 1 is 1.50 bits per heavy atom. The second kappa shape index (κ2) is 4.81. The summed E-state index contributed by atoms with van der Waals surface area (Å²) in [6, 6.07) is 6.09. The Balaban J connectivity index is 1.57. The third kappa shape index (κ3) is 1.96. The van der Waals surface area contributed by atoms with E-state index in [1.165, 1.54) is 0 Å². The number of nitrogens with zero attached hydrogens (tertiary/aromatic N) is 3. The van der Waals surface area contributed by atoms with Crippen molar-refractivity contribution in [2.24, 2.45) is 11.3 Å². The quantitative estimate of drug-likeness (QED) is 0.945. The first-order valence-corrected chi connectivity index (χ1v) is 7.98. The molecule has 2 atom stereocenters. The molecule has 1 saturated carbocycles. The Morgan fingerprint density at radius 3 is 3.09 bits per heavy atom. The number of hydrogen-bond donors (Lipinski definition) is 1. The molecule has 2 fully saturated rings. The Kier molecular flexibility index (Phi) is 3.01. The summed E-state index contributed by atoms with van der Waals surface area (Å²) in [6.07, 6.45) is 5.01. The molecule has 2 aromatic rings. The second-order valence-electron chi connectivity index (χ2n) is 6.85. The van der Waals surface area contributed by atoms with E-state index < -0.39 is 11.4 Å². The molecule has 2 aromatic heterocycles. The van der Waals surface area contributed by atoms with Crippen molar-refractivity contribution in [1.29, 1.82) is 0 Å². The van der Waals surface area contributed by atoms with Gasteiger partial charge in [0.2, 0.25) is 0 Å². The molecule has 3 heterocycles. The number of carbonyl (C=O) groups is 1. The van der Waals surface area contributed by atoms with Gasteiger partial charge in [0.1, 0.15) is 5.65 Å². The molecule has 1 aliphatic carbocycles. The zero-order valence-electron chi connectivity index (χ0n) is 12.8. The fraction of sp³-hybridized carbons (Fsp3) is 0.529. The van der Waals surface area contributed by atoms with E-state index in [9.17, 15) is 9.90 Å². The Morgan fingerprint density at radius 2 is 2.36 bits per heavy atom. The minimum atomic E-state index is -0.608.